The quantitative estimate of drug-likeness (QED) is 0.383. The molecule has 3 aromatic rings. The summed E-state index contributed by atoms with van der Waals surface area (Å²) >= 11 is 0. The summed E-state index contributed by atoms with van der Waals surface area (Å²) in [6.07, 6.45) is 4.61. The molecule has 0 saturated carbocycles. The Hall–Kier alpha value is -3.50. The standard InChI is InChI=1S/C27H35N7O3/c35-26(29-10-4-13-33-12-3-7-27(33)36)19-21-20-34(23-6-2-1-5-22(21)23)25-9-8-24(30-31-25)28-11-14-32-15-17-37-18-16-32/h1-2,5-6,8-9,20H,3-4,7,10-19H2,(H,28,30)(H,29,35). The number of morpholine rings is 1. The van der Waals surface area contributed by atoms with E-state index in [-0.39, 0.29) is 18.2 Å². The summed E-state index contributed by atoms with van der Waals surface area (Å²) in [5.74, 6) is 1.64. The predicted octanol–water partition coefficient (Wildman–Crippen LogP) is 1.84. The Bertz CT molecular complexity index is 1200. The average Bonchev–Trinajstić information content (AvgIpc) is 3.51. The monoisotopic (exact) mass is 505 g/mol. The van der Waals surface area contributed by atoms with Crippen molar-refractivity contribution in [3.63, 3.8) is 0 Å². The van der Waals surface area contributed by atoms with Crippen LogP contribution in [0.25, 0.3) is 16.7 Å². The van der Waals surface area contributed by atoms with Crippen LogP contribution in [0.4, 0.5) is 5.82 Å². The maximum Gasteiger partial charge on any atom is 0.224 e. The molecular formula is C27H35N7O3. The molecule has 4 heterocycles. The average molecular weight is 506 g/mol. The van der Waals surface area contributed by atoms with Gasteiger partial charge in [0.1, 0.15) is 5.82 Å². The molecule has 2 aromatic heterocycles. The first-order chi connectivity index (χ1) is 18.2. The molecule has 2 amide bonds. The number of benzene rings is 1. The summed E-state index contributed by atoms with van der Waals surface area (Å²) in [7, 11) is 0. The Labute approximate surface area is 217 Å². The third-order valence-corrected chi connectivity index (χ3v) is 6.98. The van der Waals surface area contributed by atoms with Crippen LogP contribution in [0.5, 0.6) is 0 Å². The SMILES string of the molecule is O=C(Cc1cn(-c2ccc(NCCN3CCOCC3)nn2)c2ccccc12)NCCCN1CCCC1=O. The van der Waals surface area contributed by atoms with Gasteiger partial charge < -0.3 is 20.3 Å². The lowest BCUT2D eigenvalue weighted by Gasteiger charge is -2.26. The van der Waals surface area contributed by atoms with Crippen LogP contribution in [0.15, 0.2) is 42.6 Å². The second-order valence-electron chi connectivity index (χ2n) is 9.56. The normalized spacial score (nSPS) is 16.4. The number of hydrogen-bond donors (Lipinski definition) is 2. The van der Waals surface area contributed by atoms with Gasteiger partial charge in [-0.1, -0.05) is 18.2 Å². The van der Waals surface area contributed by atoms with Gasteiger partial charge >= 0.3 is 0 Å². The number of nitrogens with zero attached hydrogens (tertiary/aromatic N) is 5. The molecule has 0 bridgehead atoms. The maximum atomic E-state index is 12.7. The fourth-order valence-corrected chi connectivity index (χ4v) is 4.97. The van der Waals surface area contributed by atoms with Crippen LogP contribution >= 0.6 is 0 Å². The van der Waals surface area contributed by atoms with Crippen LogP contribution in [0.2, 0.25) is 0 Å². The Balaban J connectivity index is 1.17. The van der Waals surface area contributed by atoms with Crippen LogP contribution in [-0.2, 0) is 20.7 Å². The number of likely N-dealkylation sites (tertiary alicyclic amines) is 1. The highest BCUT2D eigenvalue weighted by Crippen LogP contribution is 2.24. The number of carbonyl (C=O) groups is 2. The van der Waals surface area contributed by atoms with Crippen molar-refractivity contribution in [1.82, 2.24) is 29.9 Å². The van der Waals surface area contributed by atoms with Crippen molar-refractivity contribution in [3.05, 3.63) is 48.2 Å². The van der Waals surface area contributed by atoms with Crippen molar-refractivity contribution in [1.29, 1.82) is 0 Å². The van der Waals surface area contributed by atoms with Gasteiger partial charge in [0.2, 0.25) is 11.8 Å². The van der Waals surface area contributed by atoms with E-state index in [0.717, 1.165) is 81.1 Å². The molecule has 5 rings (SSSR count). The zero-order valence-electron chi connectivity index (χ0n) is 21.2. The summed E-state index contributed by atoms with van der Waals surface area (Å²) in [5.41, 5.74) is 1.93. The van der Waals surface area contributed by atoms with E-state index in [4.69, 9.17) is 4.74 Å². The number of para-hydroxylation sites is 1. The van der Waals surface area contributed by atoms with Crippen LogP contribution < -0.4 is 10.6 Å². The molecule has 196 valence electrons. The molecular weight excluding hydrogens is 470 g/mol. The fraction of sp³-hybridized carbons (Fsp3) is 0.481. The Morgan fingerprint density at radius 1 is 1.00 bits per heavy atom. The first-order valence-electron chi connectivity index (χ1n) is 13.2. The molecule has 0 atom stereocenters. The number of fused-ring (bicyclic) bond motifs is 1. The predicted molar refractivity (Wildman–Crippen MR) is 142 cm³/mol. The van der Waals surface area contributed by atoms with Gasteiger partial charge in [-0.15, -0.1) is 10.2 Å². The van der Waals surface area contributed by atoms with Gasteiger partial charge in [0.25, 0.3) is 0 Å². The van der Waals surface area contributed by atoms with Gasteiger partial charge in [0, 0.05) is 63.8 Å². The molecule has 2 aliphatic heterocycles. The molecule has 0 aliphatic carbocycles. The van der Waals surface area contributed by atoms with Crippen LogP contribution in [0.1, 0.15) is 24.8 Å². The minimum absolute atomic E-state index is 0.0263. The minimum atomic E-state index is -0.0263. The number of hydrogen-bond acceptors (Lipinski definition) is 7. The van der Waals surface area contributed by atoms with Gasteiger partial charge in [-0.05, 0) is 36.6 Å². The lowest BCUT2D eigenvalue weighted by Crippen LogP contribution is -2.39. The second kappa shape index (κ2) is 12.2. The van der Waals surface area contributed by atoms with Crippen molar-refractivity contribution in [2.45, 2.75) is 25.7 Å². The molecule has 0 spiro atoms. The summed E-state index contributed by atoms with van der Waals surface area (Å²) in [5, 5.41) is 16.2. The van der Waals surface area contributed by atoms with E-state index < -0.39 is 0 Å². The largest absolute Gasteiger partial charge is 0.379 e. The Morgan fingerprint density at radius 2 is 1.86 bits per heavy atom. The van der Waals surface area contributed by atoms with Gasteiger partial charge in [-0.3, -0.25) is 19.1 Å². The van der Waals surface area contributed by atoms with Gasteiger partial charge in [0.05, 0.1) is 25.2 Å². The van der Waals surface area contributed by atoms with E-state index in [1.807, 2.05) is 52.1 Å². The first kappa shape index (κ1) is 25.2. The number of amides is 2. The van der Waals surface area contributed by atoms with Crippen LogP contribution in [0.3, 0.4) is 0 Å². The molecule has 2 N–H and O–H groups in total. The van der Waals surface area contributed by atoms with E-state index in [1.54, 1.807) is 0 Å². The number of anilines is 1. The topological polar surface area (TPSA) is 105 Å². The molecule has 10 heteroatoms. The number of ether oxygens (including phenoxy) is 1. The summed E-state index contributed by atoms with van der Waals surface area (Å²) < 4.78 is 7.38. The van der Waals surface area contributed by atoms with Crippen molar-refractivity contribution in [2.24, 2.45) is 0 Å². The third-order valence-electron chi connectivity index (χ3n) is 6.98. The van der Waals surface area contributed by atoms with Crippen molar-refractivity contribution < 1.29 is 14.3 Å². The minimum Gasteiger partial charge on any atom is -0.379 e. The van der Waals surface area contributed by atoms with Gasteiger partial charge in [-0.2, -0.15) is 0 Å². The van der Waals surface area contributed by atoms with E-state index in [2.05, 4.69) is 25.7 Å². The van der Waals surface area contributed by atoms with Crippen molar-refractivity contribution in [3.8, 4) is 5.82 Å². The Kier molecular flexibility index (Phi) is 8.27. The highest BCUT2D eigenvalue weighted by Gasteiger charge is 2.19. The number of rotatable bonds is 11. The Morgan fingerprint density at radius 3 is 2.65 bits per heavy atom. The lowest BCUT2D eigenvalue weighted by atomic mass is 10.1. The molecule has 2 saturated heterocycles. The molecule has 0 radical (unpaired) electrons. The zero-order valence-corrected chi connectivity index (χ0v) is 21.2. The molecule has 1 aromatic carbocycles. The number of carbonyl (C=O) groups excluding carboxylic acids is 2. The summed E-state index contributed by atoms with van der Waals surface area (Å²) in [6.45, 7) is 7.36. The third kappa shape index (κ3) is 6.44. The molecule has 37 heavy (non-hydrogen) atoms. The highest BCUT2D eigenvalue weighted by molar-refractivity contribution is 5.90. The zero-order chi connectivity index (χ0) is 25.5. The van der Waals surface area contributed by atoms with Crippen molar-refractivity contribution in [2.75, 3.05) is 64.3 Å². The first-order valence-corrected chi connectivity index (χ1v) is 13.2. The molecule has 0 unspecified atom stereocenters. The molecule has 2 fully saturated rings. The second-order valence-corrected chi connectivity index (χ2v) is 9.56. The highest BCUT2D eigenvalue weighted by atomic mass is 16.5. The molecule has 2 aliphatic rings. The van der Waals surface area contributed by atoms with E-state index in [9.17, 15) is 9.59 Å². The maximum absolute atomic E-state index is 12.7. The van der Waals surface area contributed by atoms with E-state index >= 15 is 0 Å². The van der Waals surface area contributed by atoms with Crippen LogP contribution in [0, 0.1) is 0 Å². The van der Waals surface area contributed by atoms with E-state index in [1.165, 1.54) is 0 Å². The summed E-state index contributed by atoms with van der Waals surface area (Å²) in [4.78, 5) is 28.7. The van der Waals surface area contributed by atoms with Crippen molar-refractivity contribution >= 4 is 28.5 Å². The number of nitrogens with one attached hydrogen (secondary N) is 2. The van der Waals surface area contributed by atoms with Crippen LogP contribution in [-0.4, -0.2) is 95.4 Å². The van der Waals surface area contributed by atoms with Gasteiger partial charge in [0.15, 0.2) is 5.82 Å². The van der Waals surface area contributed by atoms with Gasteiger partial charge in [-0.25, -0.2) is 0 Å². The fourth-order valence-electron chi connectivity index (χ4n) is 4.97. The molecule has 10 nitrogen and oxygen atoms in total. The van der Waals surface area contributed by atoms with E-state index in [0.29, 0.717) is 25.3 Å². The smallest absolute Gasteiger partial charge is 0.224 e. The lowest BCUT2D eigenvalue weighted by molar-refractivity contribution is -0.127. The number of aromatic nitrogens is 3. The summed E-state index contributed by atoms with van der Waals surface area (Å²) in [6, 6.07) is 11.9.